The molecular formula is C88H156N4O42. The number of ether oxygens (including phenoxy) is 16. The topological polar surface area (TPSA) is 709 Å². The van der Waals surface area contributed by atoms with Gasteiger partial charge in [-0.05, 0) is 26.2 Å². The van der Waals surface area contributed by atoms with Gasteiger partial charge in [-0.3, -0.25) is 19.2 Å². The summed E-state index contributed by atoms with van der Waals surface area (Å²) < 4.78 is 96.5. The standard InChI is InChI=1S/C88H156N4O42/c1-7-9-11-13-15-17-19-21-23-25-27-29-31-33-48(103)47(92-56(104)34-32-30-28-26-24-22-20-18-16-14-12-10-8-2)42-119-84-71(116)69(114)76(55(41-99)127-84)129-87-73(118)78(63(108)51(37-95)123-87)132-82-58(90-45(5)101)66(111)74(53(39-97)125-82)128-86-72(117)77(62(107)50(36-94)122-86)131-83-59(91-46(6)102)67(112)75(54(40-98)126-83)130-88-80(134-85-70(115)68(113)60(105)43(3)120-85)79(64(109)52(38-96)124-88)133-81-57(89-44(4)100)65(110)61(106)49(35-93)121-81/h31,33,43,47-55,57-88,93-99,103,105-118H,7-30,32,34-42H2,1-6H3,(H,89,100)(H,90,101)(H,91,102)(H,92,104)/b33-31+/t43?,47-,48+,49?,50?,51?,52?,53?,54?,55?,57?,58?,59?,60+,61-,62-,63-,64-,65+,66+,67+,68?,69+,70-,71?,72?,73?,74+,75+,76+,77-,78-,79-,80?,81+,82-,83-,84+,85+,86-,87-,88-/m0/s1. The Morgan fingerprint density at radius 1 is 0.306 bits per heavy atom. The highest BCUT2D eigenvalue weighted by atomic mass is 16.8. The highest BCUT2D eigenvalue weighted by molar-refractivity contribution is 5.76. The lowest BCUT2D eigenvalue weighted by Gasteiger charge is -2.52. The van der Waals surface area contributed by atoms with Crippen molar-refractivity contribution in [1.82, 2.24) is 21.3 Å². The van der Waals surface area contributed by atoms with E-state index in [9.17, 15) is 132 Å². The monoisotopic (exact) mass is 1940 g/mol. The number of hydrogen-bond donors (Lipinski definition) is 26. The number of nitrogens with one attached hydrogen (secondary N) is 4. The Morgan fingerprint density at radius 2 is 0.619 bits per heavy atom. The highest BCUT2D eigenvalue weighted by Gasteiger charge is 2.61. The average Bonchev–Trinajstić information content (AvgIpc) is 0.760. The van der Waals surface area contributed by atoms with Crippen LogP contribution in [0.4, 0.5) is 0 Å². The van der Waals surface area contributed by atoms with Gasteiger partial charge in [0.05, 0.1) is 71.1 Å². The van der Waals surface area contributed by atoms with Gasteiger partial charge in [-0.1, -0.05) is 167 Å². The second kappa shape index (κ2) is 58.6. The van der Waals surface area contributed by atoms with Gasteiger partial charge in [-0.2, -0.15) is 0 Å². The van der Waals surface area contributed by atoms with E-state index in [0.29, 0.717) is 12.8 Å². The third-order valence-corrected chi connectivity index (χ3v) is 25.8. The zero-order valence-corrected chi connectivity index (χ0v) is 77.4. The molecule has 8 rings (SSSR count). The molecule has 4 amide bonds. The summed E-state index contributed by atoms with van der Waals surface area (Å²) in [6, 6.07) is -6.71. The fourth-order valence-electron chi connectivity index (χ4n) is 18.0. The van der Waals surface area contributed by atoms with Crippen molar-refractivity contribution < 1.29 is 207 Å². The van der Waals surface area contributed by atoms with Crippen LogP contribution in [0.15, 0.2) is 12.2 Å². The molecule has 8 saturated heterocycles. The number of allylic oxidation sites excluding steroid dienone is 1. The average molecular weight is 1940 g/mol. The van der Waals surface area contributed by atoms with Crippen LogP contribution in [-0.4, -0.2) is 446 Å². The molecule has 16 unspecified atom stereocenters. The molecule has 0 aliphatic carbocycles. The van der Waals surface area contributed by atoms with Crippen molar-refractivity contribution >= 4 is 23.6 Å². The molecule has 0 saturated carbocycles. The quantitative estimate of drug-likeness (QED) is 0.0199. The van der Waals surface area contributed by atoms with Crippen LogP contribution in [0.2, 0.25) is 0 Å². The van der Waals surface area contributed by atoms with E-state index in [1.54, 1.807) is 6.08 Å². The first kappa shape index (κ1) is 115. The molecule has 42 atom stereocenters. The number of carbonyl (C=O) groups excluding carboxylic acids is 4. The van der Waals surface area contributed by atoms with Gasteiger partial charge in [0.15, 0.2) is 50.3 Å². The van der Waals surface area contributed by atoms with Gasteiger partial charge < -0.3 is 209 Å². The Labute approximate surface area is 780 Å². The lowest BCUT2D eigenvalue weighted by Crippen LogP contribution is -2.71. The molecule has 0 spiro atoms. The zero-order valence-electron chi connectivity index (χ0n) is 77.4. The smallest absolute Gasteiger partial charge is 0.220 e. The van der Waals surface area contributed by atoms with E-state index in [2.05, 4.69) is 35.1 Å². The Morgan fingerprint density at radius 3 is 1.04 bits per heavy atom. The van der Waals surface area contributed by atoms with E-state index in [1.807, 2.05) is 6.08 Å². The highest BCUT2D eigenvalue weighted by Crippen LogP contribution is 2.41. The summed E-state index contributed by atoms with van der Waals surface area (Å²) in [4.78, 5) is 52.4. The maximum absolute atomic E-state index is 13.6. The third-order valence-electron chi connectivity index (χ3n) is 25.8. The lowest BCUT2D eigenvalue weighted by molar-refractivity contribution is -0.402. The van der Waals surface area contributed by atoms with Crippen LogP contribution in [0.1, 0.15) is 208 Å². The Hall–Kier alpha value is -3.90. The van der Waals surface area contributed by atoms with Gasteiger partial charge >= 0.3 is 0 Å². The van der Waals surface area contributed by atoms with Crippen LogP contribution in [0.25, 0.3) is 0 Å². The SMILES string of the molecule is CCCCCCCCCCCCC/C=C/[C@@H](O)[C@H](CO[C@@H]1OC(CO)[C@@H](O[C@@H]2OC(CO)[C@H](O)[C@H](O[C@@H]3OC(CO)[C@@H](O[C@@H]4OC(CO)[C@H](O)[C@H](O[C@@H]5OC(CO)[C@@H](O[C@@H]6OC(CO)[C@H](O)[C@H](O[C@H]7OC(CO)[C@H](O)[C@H](O)C7NC(C)=O)C6O[C@H]6OC(C)[C@@H](O)C(O)[C@@H]6O)[C@H](O)C5NC(C)=O)C4O)[C@H](O)C3NC(C)=O)C2O)[C@H](O)C1O)NC(=O)CCCCCCCCCCCCCCC. The predicted molar refractivity (Wildman–Crippen MR) is 460 cm³/mol. The van der Waals surface area contributed by atoms with Crippen molar-refractivity contribution in [1.29, 1.82) is 0 Å². The number of unbranched alkanes of at least 4 members (excludes halogenated alkanes) is 23. The molecule has 0 aromatic heterocycles. The van der Waals surface area contributed by atoms with Gasteiger partial charge in [0.25, 0.3) is 0 Å². The molecule has 46 nitrogen and oxygen atoms in total. The summed E-state index contributed by atoms with van der Waals surface area (Å²) in [5.74, 6) is -3.06. The fraction of sp³-hybridized carbons (Fsp3) is 0.932. The largest absolute Gasteiger partial charge is 0.394 e. The Balaban J connectivity index is 0.943. The van der Waals surface area contributed by atoms with Crippen LogP contribution in [0.5, 0.6) is 0 Å². The van der Waals surface area contributed by atoms with Crippen molar-refractivity contribution in [3.05, 3.63) is 12.2 Å². The number of carbonyl (C=O) groups is 4. The summed E-state index contributed by atoms with van der Waals surface area (Å²) in [7, 11) is 0. The summed E-state index contributed by atoms with van der Waals surface area (Å²) >= 11 is 0. The molecule has 8 aliphatic heterocycles. The zero-order chi connectivity index (χ0) is 98.2. The fourth-order valence-corrected chi connectivity index (χ4v) is 18.0. The van der Waals surface area contributed by atoms with Gasteiger partial charge in [-0.15, -0.1) is 0 Å². The number of rotatable bonds is 56. The van der Waals surface area contributed by atoms with Crippen molar-refractivity contribution in [2.45, 2.75) is 466 Å². The van der Waals surface area contributed by atoms with Crippen LogP contribution in [-0.2, 0) is 95.0 Å². The summed E-state index contributed by atoms with van der Waals surface area (Å²) in [5.41, 5.74) is 0. The first-order valence-electron chi connectivity index (χ1n) is 47.8. The minimum atomic E-state index is -2.37. The molecule has 134 heavy (non-hydrogen) atoms. The van der Waals surface area contributed by atoms with Crippen LogP contribution in [0.3, 0.4) is 0 Å². The molecule has 0 aromatic rings. The minimum Gasteiger partial charge on any atom is -0.394 e. The van der Waals surface area contributed by atoms with Crippen LogP contribution in [0, 0.1) is 0 Å². The second-order valence-electron chi connectivity index (χ2n) is 36.3. The maximum Gasteiger partial charge on any atom is 0.220 e. The molecule has 8 heterocycles. The van der Waals surface area contributed by atoms with Gasteiger partial charge in [0, 0.05) is 27.2 Å². The predicted octanol–water partition coefficient (Wildman–Crippen LogP) is -6.38. The molecule has 8 fully saturated rings. The molecule has 0 radical (unpaired) electrons. The number of aliphatic hydroxyl groups excluding tert-OH is 22. The number of amides is 4. The van der Waals surface area contributed by atoms with E-state index >= 15 is 0 Å². The molecular weight excluding hydrogens is 1780 g/mol. The van der Waals surface area contributed by atoms with Gasteiger partial charge in [-0.25, -0.2) is 0 Å². The van der Waals surface area contributed by atoms with E-state index in [4.69, 9.17) is 75.8 Å². The number of aliphatic hydroxyl groups is 22. The summed E-state index contributed by atoms with van der Waals surface area (Å²) in [6.45, 7) is 0.585. The normalized spacial score (nSPS) is 39.9. The summed E-state index contributed by atoms with van der Waals surface area (Å²) in [5, 5.41) is 260. The molecule has 8 aliphatic rings. The van der Waals surface area contributed by atoms with Crippen molar-refractivity contribution in [3.8, 4) is 0 Å². The van der Waals surface area contributed by atoms with E-state index in [1.165, 1.54) is 96.8 Å². The Kier molecular flexibility index (Phi) is 50.5. The van der Waals surface area contributed by atoms with Crippen molar-refractivity contribution in [3.63, 3.8) is 0 Å². The van der Waals surface area contributed by atoms with Crippen molar-refractivity contribution in [2.24, 2.45) is 0 Å². The number of hydrogen-bond acceptors (Lipinski definition) is 42. The minimum absolute atomic E-state index is 0.153. The molecule has 780 valence electrons. The first-order chi connectivity index (χ1) is 64.1. The van der Waals surface area contributed by atoms with E-state index in [-0.39, 0.29) is 12.3 Å². The summed E-state index contributed by atoms with van der Waals surface area (Å²) in [6.07, 6.45) is -44.0. The molecule has 26 N–H and O–H groups in total. The maximum atomic E-state index is 13.6. The van der Waals surface area contributed by atoms with Gasteiger partial charge in [0.1, 0.15) is 189 Å². The first-order valence-corrected chi connectivity index (χ1v) is 47.8. The third kappa shape index (κ3) is 32.3. The molecule has 0 aromatic carbocycles. The van der Waals surface area contributed by atoms with Crippen LogP contribution < -0.4 is 21.3 Å². The van der Waals surface area contributed by atoms with Crippen LogP contribution >= 0.6 is 0 Å². The lowest BCUT2D eigenvalue weighted by atomic mass is 9.93. The van der Waals surface area contributed by atoms with Gasteiger partial charge in [0.2, 0.25) is 23.6 Å². The Bertz CT molecular complexity index is 3340. The molecule has 0 bridgehead atoms. The molecule has 46 heteroatoms. The second-order valence-corrected chi connectivity index (χ2v) is 36.3. The van der Waals surface area contributed by atoms with E-state index in [0.717, 1.165) is 78.6 Å². The van der Waals surface area contributed by atoms with Crippen molar-refractivity contribution in [2.75, 3.05) is 52.9 Å². The van der Waals surface area contributed by atoms with E-state index < -0.39 is 328 Å².